The number of benzene rings is 1. The largest absolute Gasteiger partial charge is 0.491 e. The second kappa shape index (κ2) is 6.40. The van der Waals surface area contributed by atoms with Gasteiger partial charge in [0.05, 0.1) is 12.1 Å². The predicted octanol–water partition coefficient (Wildman–Crippen LogP) is 2.41. The summed E-state index contributed by atoms with van der Waals surface area (Å²) < 4.78 is 5.63. The van der Waals surface area contributed by atoms with Crippen LogP contribution in [0.25, 0.3) is 0 Å². The number of carbonyl (C=O) groups excluding carboxylic acids is 1. The van der Waals surface area contributed by atoms with E-state index in [9.17, 15) is 9.90 Å². The summed E-state index contributed by atoms with van der Waals surface area (Å²) in [4.78, 5) is 14.2. The molecule has 2 N–H and O–H groups in total. The normalized spacial score (nSPS) is 26.8. The summed E-state index contributed by atoms with van der Waals surface area (Å²) in [5.74, 6) is 2.28. The Kier molecular flexibility index (Phi) is 4.48. The van der Waals surface area contributed by atoms with Crippen molar-refractivity contribution in [1.82, 2.24) is 10.2 Å². The van der Waals surface area contributed by atoms with Crippen LogP contribution < -0.4 is 10.1 Å². The monoisotopic (exact) mass is 318 g/mol. The van der Waals surface area contributed by atoms with Crippen LogP contribution in [0.2, 0.25) is 0 Å². The second-order valence-corrected chi connectivity index (χ2v) is 6.99. The Morgan fingerprint density at radius 2 is 1.87 bits per heavy atom. The van der Waals surface area contributed by atoms with Gasteiger partial charge in [0.15, 0.2) is 0 Å². The highest BCUT2D eigenvalue weighted by atomic mass is 16.5. The molecule has 5 nitrogen and oxygen atoms in total. The summed E-state index contributed by atoms with van der Waals surface area (Å²) in [6.45, 7) is 7.79. The maximum Gasteiger partial charge on any atom is 0.317 e. The molecule has 2 amide bonds. The van der Waals surface area contributed by atoms with Gasteiger partial charge < -0.3 is 20.1 Å². The SMILES string of the molecule is CC(C)Oc1ccc(C(C)NC(=O)N2C[C@@H]3C(CO)[C@@H]3C2)cc1. The number of aliphatic hydroxyl groups excluding tert-OH is 1. The number of piperidine rings is 1. The zero-order valence-electron chi connectivity index (χ0n) is 14.0. The number of likely N-dealkylation sites (tertiary alicyclic amines) is 1. The van der Waals surface area contributed by atoms with E-state index in [0.717, 1.165) is 24.4 Å². The fourth-order valence-electron chi connectivity index (χ4n) is 3.55. The number of ether oxygens (including phenoxy) is 1. The molecule has 0 spiro atoms. The number of fused-ring (bicyclic) bond motifs is 1. The van der Waals surface area contributed by atoms with Crippen LogP contribution in [0.5, 0.6) is 5.75 Å². The summed E-state index contributed by atoms with van der Waals surface area (Å²) in [5.41, 5.74) is 1.06. The molecule has 1 heterocycles. The number of hydrogen-bond acceptors (Lipinski definition) is 3. The molecule has 1 saturated heterocycles. The maximum absolute atomic E-state index is 12.3. The van der Waals surface area contributed by atoms with Crippen LogP contribution in [0.4, 0.5) is 4.79 Å². The first-order valence-corrected chi connectivity index (χ1v) is 8.42. The van der Waals surface area contributed by atoms with E-state index in [1.54, 1.807) is 0 Å². The molecular formula is C18H26N2O3. The van der Waals surface area contributed by atoms with E-state index in [4.69, 9.17) is 4.74 Å². The quantitative estimate of drug-likeness (QED) is 0.876. The molecular weight excluding hydrogens is 292 g/mol. The summed E-state index contributed by atoms with van der Waals surface area (Å²) in [7, 11) is 0. The van der Waals surface area contributed by atoms with E-state index in [2.05, 4.69) is 5.32 Å². The first kappa shape index (κ1) is 16.1. The minimum absolute atomic E-state index is 0.0103. The van der Waals surface area contributed by atoms with E-state index >= 15 is 0 Å². The molecule has 3 rings (SSSR count). The molecule has 1 aromatic carbocycles. The number of nitrogens with one attached hydrogen (secondary N) is 1. The van der Waals surface area contributed by atoms with Crippen molar-refractivity contribution in [2.75, 3.05) is 19.7 Å². The summed E-state index contributed by atoms with van der Waals surface area (Å²) in [6, 6.07) is 7.81. The van der Waals surface area contributed by atoms with Gasteiger partial charge in [0.25, 0.3) is 0 Å². The third-order valence-corrected chi connectivity index (χ3v) is 4.96. The number of carbonyl (C=O) groups is 1. The molecule has 0 bridgehead atoms. The Morgan fingerprint density at radius 1 is 1.26 bits per heavy atom. The van der Waals surface area contributed by atoms with Crippen LogP contribution in [0.1, 0.15) is 32.4 Å². The van der Waals surface area contributed by atoms with Crippen LogP contribution in [0.3, 0.4) is 0 Å². The molecule has 23 heavy (non-hydrogen) atoms. The number of aliphatic hydroxyl groups is 1. The minimum atomic E-state index is -0.0406. The third kappa shape index (κ3) is 3.44. The molecule has 126 valence electrons. The third-order valence-electron chi connectivity index (χ3n) is 4.96. The van der Waals surface area contributed by atoms with E-state index < -0.39 is 0 Å². The van der Waals surface area contributed by atoms with Gasteiger partial charge in [0.2, 0.25) is 0 Å². The lowest BCUT2D eigenvalue weighted by Crippen LogP contribution is -2.41. The van der Waals surface area contributed by atoms with Crippen molar-refractivity contribution in [2.45, 2.75) is 32.9 Å². The summed E-state index contributed by atoms with van der Waals surface area (Å²) >= 11 is 0. The van der Waals surface area contributed by atoms with Crippen LogP contribution in [-0.2, 0) is 0 Å². The zero-order chi connectivity index (χ0) is 16.6. The molecule has 5 heteroatoms. The smallest absolute Gasteiger partial charge is 0.317 e. The average molecular weight is 318 g/mol. The van der Waals surface area contributed by atoms with Crippen LogP contribution >= 0.6 is 0 Å². The highest BCUT2D eigenvalue weighted by Crippen LogP contribution is 2.51. The predicted molar refractivity (Wildman–Crippen MR) is 88.3 cm³/mol. The molecule has 1 aromatic rings. The lowest BCUT2D eigenvalue weighted by molar-refractivity contribution is 0.189. The van der Waals surface area contributed by atoms with E-state index in [1.807, 2.05) is 49.9 Å². The first-order chi connectivity index (χ1) is 11.0. The van der Waals surface area contributed by atoms with Gasteiger partial charge >= 0.3 is 6.03 Å². The molecule has 2 unspecified atom stereocenters. The molecule has 4 atom stereocenters. The molecule has 1 aliphatic carbocycles. The molecule has 2 aliphatic rings. The van der Waals surface area contributed by atoms with Gasteiger partial charge in [0.1, 0.15) is 5.75 Å². The van der Waals surface area contributed by atoms with Crippen molar-refractivity contribution in [3.8, 4) is 5.75 Å². The molecule has 0 aromatic heterocycles. The van der Waals surface area contributed by atoms with Crippen molar-refractivity contribution in [3.05, 3.63) is 29.8 Å². The number of amides is 2. The Hall–Kier alpha value is -1.75. The van der Waals surface area contributed by atoms with Crippen LogP contribution in [0, 0.1) is 17.8 Å². The number of rotatable bonds is 5. The zero-order valence-corrected chi connectivity index (χ0v) is 14.0. The van der Waals surface area contributed by atoms with Gasteiger partial charge in [-0.25, -0.2) is 4.79 Å². The van der Waals surface area contributed by atoms with E-state index in [1.165, 1.54) is 0 Å². The van der Waals surface area contributed by atoms with Crippen molar-refractivity contribution >= 4 is 6.03 Å². The van der Waals surface area contributed by atoms with E-state index in [0.29, 0.717) is 17.8 Å². The molecule has 2 fully saturated rings. The average Bonchev–Trinajstić information content (AvgIpc) is 2.98. The minimum Gasteiger partial charge on any atom is -0.491 e. The van der Waals surface area contributed by atoms with Crippen molar-refractivity contribution in [1.29, 1.82) is 0 Å². The van der Waals surface area contributed by atoms with Gasteiger partial charge in [-0.3, -0.25) is 0 Å². The van der Waals surface area contributed by atoms with Gasteiger partial charge in [-0.15, -0.1) is 0 Å². The summed E-state index contributed by atoms with van der Waals surface area (Å²) in [6.07, 6.45) is 0.155. The Morgan fingerprint density at radius 3 is 2.39 bits per heavy atom. The van der Waals surface area contributed by atoms with Gasteiger partial charge in [-0.2, -0.15) is 0 Å². The standard InChI is InChI=1S/C18H26N2O3/c1-11(2)23-14-6-4-13(5-7-14)12(3)19-18(22)20-8-15-16(9-20)17(15)10-21/h4-7,11-12,15-17,21H,8-10H2,1-3H3,(H,19,22)/t12?,15-,16+,17?. The highest BCUT2D eigenvalue weighted by molar-refractivity contribution is 5.75. The van der Waals surface area contributed by atoms with Gasteiger partial charge in [-0.1, -0.05) is 12.1 Å². The molecule has 0 radical (unpaired) electrons. The Bertz CT molecular complexity index is 546. The van der Waals surface area contributed by atoms with Gasteiger partial charge in [-0.05, 0) is 56.2 Å². The second-order valence-electron chi connectivity index (χ2n) is 6.99. The number of nitrogens with zero attached hydrogens (tertiary/aromatic N) is 1. The molecule has 1 saturated carbocycles. The lowest BCUT2D eigenvalue weighted by Gasteiger charge is -2.23. The fourth-order valence-corrected chi connectivity index (χ4v) is 3.55. The lowest BCUT2D eigenvalue weighted by atomic mass is 10.1. The van der Waals surface area contributed by atoms with Crippen molar-refractivity contribution < 1.29 is 14.6 Å². The maximum atomic E-state index is 12.3. The van der Waals surface area contributed by atoms with E-state index in [-0.39, 0.29) is 24.8 Å². The first-order valence-electron chi connectivity index (χ1n) is 8.42. The number of urea groups is 1. The van der Waals surface area contributed by atoms with Crippen molar-refractivity contribution in [3.63, 3.8) is 0 Å². The Labute approximate surface area is 137 Å². The highest BCUT2D eigenvalue weighted by Gasteiger charge is 2.56. The fraction of sp³-hybridized carbons (Fsp3) is 0.611. The number of hydrogen-bond donors (Lipinski definition) is 2. The van der Waals surface area contributed by atoms with Crippen LogP contribution in [-0.4, -0.2) is 41.8 Å². The van der Waals surface area contributed by atoms with Gasteiger partial charge in [0, 0.05) is 19.7 Å². The topological polar surface area (TPSA) is 61.8 Å². The molecule has 1 aliphatic heterocycles. The van der Waals surface area contributed by atoms with Crippen LogP contribution in [0.15, 0.2) is 24.3 Å². The van der Waals surface area contributed by atoms with Crippen molar-refractivity contribution in [2.24, 2.45) is 17.8 Å². The summed E-state index contributed by atoms with van der Waals surface area (Å²) in [5, 5.41) is 12.2. The Balaban J connectivity index is 1.51.